The van der Waals surface area contributed by atoms with Crippen LogP contribution < -0.4 is 15.5 Å². The molecule has 52 heavy (non-hydrogen) atoms. The third-order valence-electron chi connectivity index (χ3n) is 10.4. The Morgan fingerprint density at radius 3 is 2.25 bits per heavy atom. The van der Waals surface area contributed by atoms with E-state index in [9.17, 15) is 49.8 Å². The molecular weight excluding hydrogens is 674 g/mol. The van der Waals surface area contributed by atoms with Crippen molar-refractivity contribution in [2.75, 3.05) is 13.7 Å². The van der Waals surface area contributed by atoms with Gasteiger partial charge in [0.05, 0.1) is 29.8 Å². The molecule has 3 unspecified atom stereocenters. The zero-order valence-electron chi connectivity index (χ0n) is 28.5. The maximum atomic E-state index is 13.8. The highest BCUT2D eigenvalue weighted by atomic mass is 16.5. The Morgan fingerprint density at radius 1 is 0.865 bits per heavy atom. The quantitative estimate of drug-likeness (QED) is 0.0945. The number of carboxylic acids is 1. The molecule has 2 amide bonds. The Bertz CT molecular complexity index is 2630. The first-order valence-electron chi connectivity index (χ1n) is 16.6. The number of benzene rings is 5. The van der Waals surface area contributed by atoms with Crippen molar-refractivity contribution >= 4 is 71.6 Å². The van der Waals surface area contributed by atoms with E-state index in [2.05, 4.69) is 5.32 Å². The van der Waals surface area contributed by atoms with Crippen molar-refractivity contribution in [1.29, 1.82) is 0 Å². The molecule has 3 atom stereocenters. The Morgan fingerprint density at radius 2 is 1.58 bits per heavy atom. The van der Waals surface area contributed by atoms with Gasteiger partial charge in [0, 0.05) is 32.6 Å². The molecule has 0 aliphatic carbocycles. The second-order valence-electron chi connectivity index (χ2n) is 13.2. The third kappa shape index (κ3) is 4.85. The minimum atomic E-state index is -1.31. The monoisotopic (exact) mass is 709 g/mol. The van der Waals surface area contributed by atoms with Gasteiger partial charge in [-0.3, -0.25) is 14.4 Å². The summed E-state index contributed by atoms with van der Waals surface area (Å²) in [6.07, 6.45) is 0.610. The number of aromatic hydroxyl groups is 5. The number of nitrogens with one attached hydrogen (secondary N) is 1. The van der Waals surface area contributed by atoms with Gasteiger partial charge in [0.25, 0.3) is 0 Å². The number of piperazine rings is 1. The number of carbonyl (C=O) groups is 3. The van der Waals surface area contributed by atoms with E-state index in [1.54, 1.807) is 24.3 Å². The number of phenolic OH excluding ortho intramolecular Hbond substituents is 4. The lowest BCUT2D eigenvalue weighted by Gasteiger charge is -2.36. The fourth-order valence-corrected chi connectivity index (χ4v) is 7.42. The molecule has 1 fully saturated rings. The Balaban J connectivity index is 1.52. The molecule has 1 aromatic heterocycles. The second-order valence-corrected chi connectivity index (χ2v) is 13.2. The van der Waals surface area contributed by atoms with Crippen molar-refractivity contribution in [2.24, 2.45) is 0 Å². The van der Waals surface area contributed by atoms with E-state index in [-0.39, 0.29) is 67.1 Å². The first kappa shape index (κ1) is 34.0. The van der Waals surface area contributed by atoms with E-state index >= 15 is 0 Å². The third-order valence-corrected chi connectivity index (χ3v) is 10.4. The fourth-order valence-electron chi connectivity index (χ4n) is 7.42. The first-order chi connectivity index (χ1) is 24.7. The smallest absolute Gasteiger partial charge is 0.328 e. The van der Waals surface area contributed by atoms with Gasteiger partial charge in [-0.2, -0.15) is 0 Å². The topological polar surface area (TPSA) is 219 Å². The summed E-state index contributed by atoms with van der Waals surface area (Å²) in [6.45, 7) is 4.53. The lowest BCUT2D eigenvalue weighted by molar-refractivity contribution is -0.151. The standard InChI is InChI=1S/C38H35N3O11/c1-5-15(2)23-11-18-10-17-6-7-19-30(32(45)21-12-20-24(42)8-9-25(43)29(20)34(47)31(21)35(19)52-4)27(17)33(46)28(18)37(49)41(23)14-26(44)40-13-22(38(50)51)39-36(48)16(40)3/h6-12,15-16,22,42,45-47,49H,5,13-14H2,1-4H3,(H,39,48)(H,50,51). The summed E-state index contributed by atoms with van der Waals surface area (Å²) in [4.78, 5) is 51.9. The van der Waals surface area contributed by atoms with E-state index < -0.39 is 65.0 Å². The van der Waals surface area contributed by atoms with Crippen LogP contribution in [-0.4, -0.2) is 83.6 Å². The average molecular weight is 710 g/mol. The highest BCUT2D eigenvalue weighted by Gasteiger charge is 2.38. The minimum absolute atomic E-state index is 0.00508. The van der Waals surface area contributed by atoms with Gasteiger partial charge in [-0.05, 0) is 66.4 Å². The maximum Gasteiger partial charge on any atom is 0.328 e. The summed E-state index contributed by atoms with van der Waals surface area (Å²) in [5.41, 5.74) is -0.0186. The number of nitrogens with zero attached hydrogens (tertiary/aromatic N) is 2. The largest absolute Gasteiger partial charge is 0.507 e. The van der Waals surface area contributed by atoms with Crippen LogP contribution in [0.5, 0.6) is 34.6 Å². The summed E-state index contributed by atoms with van der Waals surface area (Å²) in [6, 6.07) is 8.09. The second kappa shape index (κ2) is 12.1. The van der Waals surface area contributed by atoms with Gasteiger partial charge in [-0.15, -0.1) is 0 Å². The van der Waals surface area contributed by atoms with Crippen LogP contribution in [0.1, 0.15) is 38.8 Å². The van der Waals surface area contributed by atoms with E-state index in [4.69, 9.17) is 4.74 Å². The van der Waals surface area contributed by atoms with Crippen LogP contribution in [0.3, 0.4) is 0 Å². The van der Waals surface area contributed by atoms with Gasteiger partial charge < -0.3 is 50.2 Å². The van der Waals surface area contributed by atoms with Crippen molar-refractivity contribution in [3.8, 4) is 34.6 Å². The summed E-state index contributed by atoms with van der Waals surface area (Å²) < 4.78 is 7.06. The number of hydrogen-bond donors (Lipinski definition) is 7. The molecule has 2 heterocycles. The molecule has 268 valence electrons. The fraction of sp³-hybridized carbons (Fsp3) is 0.263. The number of rotatable bonds is 6. The zero-order valence-corrected chi connectivity index (χ0v) is 28.5. The number of carboxylic acid groups (broad SMARTS) is 1. The van der Waals surface area contributed by atoms with Gasteiger partial charge in [0.2, 0.25) is 17.7 Å². The normalized spacial score (nSPS) is 16.9. The molecule has 6 aromatic rings. The minimum Gasteiger partial charge on any atom is -0.507 e. The molecular formula is C38H35N3O11. The molecule has 1 aliphatic rings. The number of pyridine rings is 1. The van der Waals surface area contributed by atoms with E-state index in [0.717, 1.165) is 11.0 Å². The number of phenols is 4. The van der Waals surface area contributed by atoms with Gasteiger partial charge in [-0.1, -0.05) is 19.9 Å². The zero-order chi connectivity index (χ0) is 37.5. The Labute approximate surface area is 294 Å². The van der Waals surface area contributed by atoms with Crippen LogP contribution in [0, 0.1) is 0 Å². The lowest BCUT2D eigenvalue weighted by atomic mass is 9.91. The average Bonchev–Trinajstić information content (AvgIpc) is 3.11. The highest BCUT2D eigenvalue weighted by Crippen LogP contribution is 2.53. The van der Waals surface area contributed by atoms with Gasteiger partial charge in [-0.25, -0.2) is 4.79 Å². The summed E-state index contributed by atoms with van der Waals surface area (Å²) in [5, 5.41) is 70.8. The Kier molecular flexibility index (Phi) is 7.92. The van der Waals surface area contributed by atoms with Gasteiger partial charge in [0.15, 0.2) is 5.43 Å². The van der Waals surface area contributed by atoms with Crippen LogP contribution in [0.25, 0.3) is 53.9 Å². The molecule has 0 saturated carbocycles. The van der Waals surface area contributed by atoms with Crippen LogP contribution in [0.4, 0.5) is 0 Å². The van der Waals surface area contributed by atoms with Gasteiger partial charge in [0.1, 0.15) is 47.4 Å². The molecule has 0 spiro atoms. The first-order valence-corrected chi connectivity index (χ1v) is 16.6. The summed E-state index contributed by atoms with van der Waals surface area (Å²) in [7, 11) is 1.34. The predicted molar refractivity (Wildman–Crippen MR) is 193 cm³/mol. The number of fused-ring (bicyclic) bond motifs is 6. The van der Waals surface area contributed by atoms with Crippen LogP contribution in [0.15, 0.2) is 47.3 Å². The predicted octanol–water partition coefficient (Wildman–Crippen LogP) is 4.46. The molecule has 5 aromatic carbocycles. The number of aromatic nitrogens is 1. The van der Waals surface area contributed by atoms with E-state index in [0.29, 0.717) is 22.9 Å². The number of carbonyl (C=O) groups excluding carboxylic acids is 2. The Hall–Kier alpha value is -6.44. The molecule has 0 radical (unpaired) electrons. The SMILES string of the molecule is CCC(C)c1cc2cc3ccc4c(OC)c5c(O)c6c(=O)ccc(O)c6cc5c(O)c4c3c(O)c2c(O)n1CC(=O)N1CC(C(=O)O)NC(=O)C1C. The molecule has 7 N–H and O–H groups in total. The lowest BCUT2D eigenvalue weighted by Crippen LogP contribution is -2.63. The molecule has 1 saturated heterocycles. The van der Waals surface area contributed by atoms with E-state index in [1.165, 1.54) is 30.7 Å². The summed E-state index contributed by atoms with van der Waals surface area (Å²) >= 11 is 0. The maximum absolute atomic E-state index is 13.8. The summed E-state index contributed by atoms with van der Waals surface area (Å²) in [5.74, 6) is -4.85. The number of methoxy groups -OCH3 is 1. The van der Waals surface area contributed by atoms with Crippen molar-refractivity contribution < 1.29 is 49.8 Å². The van der Waals surface area contributed by atoms with Gasteiger partial charge >= 0.3 is 5.97 Å². The van der Waals surface area contributed by atoms with Crippen molar-refractivity contribution in [3.63, 3.8) is 0 Å². The van der Waals surface area contributed by atoms with Crippen molar-refractivity contribution in [3.05, 3.63) is 58.4 Å². The van der Waals surface area contributed by atoms with Crippen LogP contribution in [0.2, 0.25) is 0 Å². The number of ether oxygens (including phenoxy) is 1. The molecule has 1 aliphatic heterocycles. The van der Waals surface area contributed by atoms with Crippen molar-refractivity contribution in [2.45, 2.75) is 51.7 Å². The van der Waals surface area contributed by atoms with E-state index in [1.807, 2.05) is 13.8 Å². The number of aliphatic carboxylic acids is 1. The number of hydrogen-bond acceptors (Lipinski definition) is 10. The highest BCUT2D eigenvalue weighted by molar-refractivity contribution is 6.27. The molecule has 7 rings (SSSR count). The molecule has 14 heteroatoms. The van der Waals surface area contributed by atoms with Crippen LogP contribution >= 0.6 is 0 Å². The van der Waals surface area contributed by atoms with Crippen LogP contribution in [-0.2, 0) is 20.9 Å². The molecule has 14 nitrogen and oxygen atoms in total. The number of amides is 2. The molecule has 0 bridgehead atoms. The van der Waals surface area contributed by atoms with Crippen molar-refractivity contribution in [1.82, 2.24) is 14.8 Å².